The minimum Gasteiger partial charge on any atom is -0.459 e. The molecule has 1 aromatic heterocycles. The van der Waals surface area contributed by atoms with Crippen molar-refractivity contribution >= 4 is 56.6 Å². The van der Waals surface area contributed by atoms with E-state index in [1.165, 1.54) is 0 Å². The second kappa shape index (κ2) is 6.39. The summed E-state index contributed by atoms with van der Waals surface area (Å²) in [4.78, 5) is 11.4. The largest absolute Gasteiger partial charge is 0.459 e. The number of hydrogen-bond donors (Lipinski definition) is 1. The number of benzene rings is 1. The van der Waals surface area contributed by atoms with E-state index < -0.39 is 9.70 Å². The maximum Gasteiger partial charge on any atom is 0.272 e. The zero-order valence-corrected chi connectivity index (χ0v) is 13.9. The molecule has 1 heterocycles. The number of alkyl halides is 3. The molecular weight excluding hydrogens is 388 g/mol. The molecule has 0 spiro atoms. The van der Waals surface area contributed by atoms with Gasteiger partial charge in [0.2, 0.25) is 0 Å². The van der Waals surface area contributed by atoms with E-state index in [-0.39, 0.29) is 6.54 Å². The summed E-state index contributed by atoms with van der Waals surface area (Å²) in [5, 5.41) is 2.48. The standard InChI is InChI=1S/C13H9BrCl3NO2/c14-9-3-1-8(2-4-9)11-6-5-10(20-11)7-18-12(19)13(15,16)17/h1-6H,7H2,(H,18,19). The molecule has 1 aromatic carbocycles. The predicted molar refractivity (Wildman–Crippen MR) is 84.0 cm³/mol. The van der Waals surface area contributed by atoms with Gasteiger partial charge in [0, 0.05) is 10.0 Å². The Kier molecular flexibility index (Phi) is 5.02. The second-order valence-electron chi connectivity index (χ2n) is 3.95. The summed E-state index contributed by atoms with van der Waals surface area (Å²) in [5.41, 5.74) is 0.937. The zero-order valence-electron chi connectivity index (χ0n) is 10.00. The molecule has 0 atom stereocenters. The summed E-state index contributed by atoms with van der Waals surface area (Å²) in [6.07, 6.45) is 0. The Balaban J connectivity index is 2.03. The first kappa shape index (κ1) is 15.7. The van der Waals surface area contributed by atoms with Crippen LogP contribution in [-0.4, -0.2) is 9.70 Å². The van der Waals surface area contributed by atoms with Gasteiger partial charge in [0.25, 0.3) is 9.70 Å². The Bertz CT molecular complexity index is 605. The van der Waals surface area contributed by atoms with Crippen LogP contribution >= 0.6 is 50.7 Å². The van der Waals surface area contributed by atoms with Gasteiger partial charge in [0.15, 0.2) is 0 Å². The molecule has 2 aromatic rings. The van der Waals surface area contributed by atoms with E-state index in [4.69, 9.17) is 39.2 Å². The van der Waals surface area contributed by atoms with Crippen LogP contribution in [-0.2, 0) is 11.3 Å². The van der Waals surface area contributed by atoms with Crippen molar-refractivity contribution in [3.63, 3.8) is 0 Å². The average Bonchev–Trinajstić information content (AvgIpc) is 2.84. The van der Waals surface area contributed by atoms with Gasteiger partial charge in [-0.05, 0) is 24.3 Å². The Morgan fingerprint density at radius 1 is 1.15 bits per heavy atom. The summed E-state index contributed by atoms with van der Waals surface area (Å²) in [5.74, 6) is 0.588. The highest BCUT2D eigenvalue weighted by Gasteiger charge is 2.30. The summed E-state index contributed by atoms with van der Waals surface area (Å²) in [6, 6.07) is 11.3. The van der Waals surface area contributed by atoms with Crippen molar-refractivity contribution in [3.05, 3.63) is 46.6 Å². The lowest BCUT2D eigenvalue weighted by molar-refractivity contribution is -0.120. The molecule has 3 nitrogen and oxygen atoms in total. The first-order chi connectivity index (χ1) is 9.36. The van der Waals surface area contributed by atoms with Crippen LogP contribution in [0.5, 0.6) is 0 Å². The molecule has 1 amide bonds. The lowest BCUT2D eigenvalue weighted by Crippen LogP contribution is -2.33. The van der Waals surface area contributed by atoms with Crippen molar-refractivity contribution < 1.29 is 9.21 Å². The predicted octanol–water partition coefficient (Wildman–Crippen LogP) is 4.70. The first-order valence-corrected chi connectivity index (χ1v) is 7.48. The van der Waals surface area contributed by atoms with Gasteiger partial charge in [0.05, 0.1) is 6.54 Å². The first-order valence-electron chi connectivity index (χ1n) is 5.56. The van der Waals surface area contributed by atoms with E-state index in [1.807, 2.05) is 30.3 Å². The van der Waals surface area contributed by atoms with Crippen LogP contribution in [0.2, 0.25) is 0 Å². The van der Waals surface area contributed by atoms with E-state index in [2.05, 4.69) is 21.2 Å². The number of hydrogen-bond acceptors (Lipinski definition) is 2. The summed E-state index contributed by atoms with van der Waals surface area (Å²) < 4.78 is 4.63. The number of nitrogens with one attached hydrogen (secondary N) is 1. The minimum atomic E-state index is -1.97. The molecular formula is C13H9BrCl3NO2. The Morgan fingerprint density at radius 3 is 2.40 bits per heavy atom. The molecule has 1 N–H and O–H groups in total. The summed E-state index contributed by atoms with van der Waals surface area (Å²) >= 11 is 19.7. The molecule has 7 heteroatoms. The molecule has 0 aliphatic carbocycles. The fraction of sp³-hybridized carbons (Fsp3) is 0.154. The van der Waals surface area contributed by atoms with Crippen LogP contribution in [0, 0.1) is 0 Å². The summed E-state index contributed by atoms with van der Waals surface area (Å²) in [7, 11) is 0. The third-order valence-electron chi connectivity index (χ3n) is 2.47. The molecule has 0 fully saturated rings. The SMILES string of the molecule is O=C(NCc1ccc(-c2ccc(Br)cc2)o1)C(Cl)(Cl)Cl. The van der Waals surface area contributed by atoms with Crippen LogP contribution in [0.3, 0.4) is 0 Å². The van der Waals surface area contributed by atoms with Gasteiger partial charge in [-0.2, -0.15) is 0 Å². The van der Waals surface area contributed by atoms with Gasteiger partial charge < -0.3 is 9.73 Å². The number of carbonyl (C=O) groups excluding carboxylic acids is 1. The van der Waals surface area contributed by atoms with Gasteiger partial charge in [0.1, 0.15) is 11.5 Å². The molecule has 0 aliphatic rings. The van der Waals surface area contributed by atoms with E-state index in [9.17, 15) is 4.79 Å². The molecule has 2 rings (SSSR count). The number of amides is 1. The van der Waals surface area contributed by atoms with Gasteiger partial charge >= 0.3 is 0 Å². The fourth-order valence-corrected chi connectivity index (χ4v) is 1.97. The molecule has 0 bridgehead atoms. The monoisotopic (exact) mass is 395 g/mol. The normalized spacial score (nSPS) is 11.4. The third kappa shape index (κ3) is 4.16. The van der Waals surface area contributed by atoms with Crippen molar-refractivity contribution in [1.29, 1.82) is 0 Å². The van der Waals surface area contributed by atoms with Crippen LogP contribution in [0.15, 0.2) is 45.3 Å². The number of furan rings is 1. The highest BCUT2D eigenvalue weighted by Crippen LogP contribution is 2.27. The maximum absolute atomic E-state index is 11.4. The van der Waals surface area contributed by atoms with Crippen molar-refractivity contribution in [2.45, 2.75) is 10.3 Å². The van der Waals surface area contributed by atoms with E-state index in [0.29, 0.717) is 11.5 Å². The van der Waals surface area contributed by atoms with Crippen molar-refractivity contribution in [1.82, 2.24) is 5.32 Å². The number of halogens is 4. The van der Waals surface area contributed by atoms with Crippen molar-refractivity contribution in [2.24, 2.45) is 0 Å². The van der Waals surface area contributed by atoms with Gasteiger partial charge in [-0.15, -0.1) is 0 Å². The van der Waals surface area contributed by atoms with Gasteiger partial charge in [-0.3, -0.25) is 4.79 Å². The number of carbonyl (C=O) groups is 1. The maximum atomic E-state index is 11.4. The quantitative estimate of drug-likeness (QED) is 0.763. The highest BCUT2D eigenvalue weighted by molar-refractivity contribution is 9.10. The van der Waals surface area contributed by atoms with Crippen LogP contribution in [0.25, 0.3) is 11.3 Å². The number of rotatable bonds is 3. The third-order valence-corrected chi connectivity index (χ3v) is 3.51. The molecule has 0 saturated carbocycles. The van der Waals surface area contributed by atoms with Gasteiger partial charge in [-0.1, -0.05) is 62.9 Å². The molecule has 106 valence electrons. The molecule has 20 heavy (non-hydrogen) atoms. The Hall–Kier alpha value is -0.680. The van der Waals surface area contributed by atoms with E-state index in [1.54, 1.807) is 6.07 Å². The van der Waals surface area contributed by atoms with E-state index in [0.717, 1.165) is 10.0 Å². The topological polar surface area (TPSA) is 42.2 Å². The highest BCUT2D eigenvalue weighted by atomic mass is 79.9. The van der Waals surface area contributed by atoms with Crippen LogP contribution < -0.4 is 5.32 Å². The second-order valence-corrected chi connectivity index (χ2v) is 7.15. The minimum absolute atomic E-state index is 0.156. The van der Waals surface area contributed by atoms with Crippen molar-refractivity contribution in [3.8, 4) is 11.3 Å². The zero-order chi connectivity index (χ0) is 14.8. The fourth-order valence-electron chi connectivity index (χ4n) is 1.51. The van der Waals surface area contributed by atoms with Gasteiger partial charge in [-0.25, -0.2) is 0 Å². The average molecular weight is 397 g/mol. The summed E-state index contributed by atoms with van der Waals surface area (Å²) in [6.45, 7) is 0.156. The molecule has 0 unspecified atom stereocenters. The smallest absolute Gasteiger partial charge is 0.272 e. The van der Waals surface area contributed by atoms with Crippen molar-refractivity contribution in [2.75, 3.05) is 0 Å². The molecule has 0 radical (unpaired) electrons. The lowest BCUT2D eigenvalue weighted by Gasteiger charge is -2.09. The van der Waals surface area contributed by atoms with E-state index >= 15 is 0 Å². The van der Waals surface area contributed by atoms with Crippen LogP contribution in [0.4, 0.5) is 0 Å². The van der Waals surface area contributed by atoms with Crippen LogP contribution in [0.1, 0.15) is 5.76 Å². The molecule has 0 aliphatic heterocycles. The lowest BCUT2D eigenvalue weighted by atomic mass is 10.2. The Labute approximate surface area is 139 Å². The molecule has 0 saturated heterocycles. The Morgan fingerprint density at radius 2 is 1.80 bits per heavy atom.